The van der Waals surface area contributed by atoms with Gasteiger partial charge in [0, 0.05) is 6.07 Å². The summed E-state index contributed by atoms with van der Waals surface area (Å²) in [6, 6.07) is 10.6. The van der Waals surface area contributed by atoms with Crippen LogP contribution in [0, 0.1) is 0 Å². The van der Waals surface area contributed by atoms with Crippen LogP contribution in [0.15, 0.2) is 57.6 Å². The largest absolute Gasteiger partial charge is 0.506 e. The van der Waals surface area contributed by atoms with Crippen molar-refractivity contribution >= 4 is 34.5 Å². The zero-order valence-electron chi connectivity index (χ0n) is 18.4. The molecule has 0 atom stereocenters. The number of nitrogens with zero attached hydrogens (tertiary/aromatic N) is 1. The molecule has 172 valence electrons. The van der Waals surface area contributed by atoms with Gasteiger partial charge in [-0.05, 0) is 42.8 Å². The van der Waals surface area contributed by atoms with Gasteiger partial charge in [-0.25, -0.2) is 9.79 Å². The fraction of sp³-hybridized carbons (Fsp3) is 0.250. The smallest absolute Gasteiger partial charge is 0.344 e. The van der Waals surface area contributed by atoms with E-state index in [9.17, 15) is 9.90 Å². The van der Waals surface area contributed by atoms with Crippen molar-refractivity contribution in [2.75, 3.05) is 34.0 Å². The number of hydrogen-bond donors (Lipinski definition) is 1. The zero-order chi connectivity index (χ0) is 23.4. The molecule has 0 saturated heterocycles. The van der Waals surface area contributed by atoms with Gasteiger partial charge in [0.25, 0.3) is 0 Å². The monoisotopic (exact) mass is 469 g/mol. The Labute approximate surface area is 195 Å². The van der Waals surface area contributed by atoms with Crippen molar-refractivity contribution in [1.82, 2.24) is 0 Å². The molecular formula is C24H23NO7S. The summed E-state index contributed by atoms with van der Waals surface area (Å²) in [5, 5.41) is 11.2. The van der Waals surface area contributed by atoms with Gasteiger partial charge in [0.1, 0.15) is 29.6 Å². The van der Waals surface area contributed by atoms with E-state index in [1.165, 1.54) is 18.9 Å². The van der Waals surface area contributed by atoms with Gasteiger partial charge in [-0.2, -0.15) is 0 Å². The molecule has 1 N–H and O–H groups in total. The van der Waals surface area contributed by atoms with Crippen LogP contribution >= 0.6 is 11.8 Å². The molecule has 2 aromatic rings. The van der Waals surface area contributed by atoms with E-state index in [2.05, 4.69) is 4.99 Å². The molecule has 0 aromatic heterocycles. The molecule has 2 heterocycles. The van der Waals surface area contributed by atoms with Crippen LogP contribution in [0.5, 0.6) is 23.0 Å². The van der Waals surface area contributed by atoms with Crippen LogP contribution in [0.1, 0.15) is 12.5 Å². The van der Waals surface area contributed by atoms with Gasteiger partial charge in [0.15, 0.2) is 23.0 Å². The van der Waals surface area contributed by atoms with Gasteiger partial charge in [-0.3, -0.25) is 0 Å². The highest BCUT2D eigenvalue weighted by atomic mass is 32.2. The number of carbonyl (C=O) groups excluding carboxylic acids is 1. The first-order valence-corrected chi connectivity index (χ1v) is 11.1. The highest BCUT2D eigenvalue weighted by Crippen LogP contribution is 2.42. The van der Waals surface area contributed by atoms with E-state index >= 15 is 0 Å². The maximum absolute atomic E-state index is 12.6. The predicted molar refractivity (Wildman–Crippen MR) is 126 cm³/mol. The molecule has 9 heteroatoms. The van der Waals surface area contributed by atoms with Crippen LogP contribution in [0.4, 0.5) is 5.69 Å². The second-order valence-corrected chi connectivity index (χ2v) is 7.94. The summed E-state index contributed by atoms with van der Waals surface area (Å²) in [6.07, 6.45) is 1.76. The Morgan fingerprint density at radius 3 is 2.58 bits per heavy atom. The van der Waals surface area contributed by atoms with Crippen molar-refractivity contribution in [3.05, 3.63) is 58.2 Å². The lowest BCUT2D eigenvalue weighted by atomic mass is 10.1. The number of aliphatic hydroxyl groups is 1. The normalized spacial score (nSPS) is 17.4. The van der Waals surface area contributed by atoms with Crippen molar-refractivity contribution in [2.24, 2.45) is 4.99 Å². The van der Waals surface area contributed by atoms with E-state index in [4.69, 9.17) is 23.7 Å². The number of rotatable bonds is 6. The Kier molecular flexibility index (Phi) is 6.79. The van der Waals surface area contributed by atoms with E-state index in [-0.39, 0.29) is 17.9 Å². The lowest BCUT2D eigenvalue weighted by molar-refractivity contribution is -0.138. The number of esters is 1. The third-order valence-corrected chi connectivity index (χ3v) is 5.85. The average molecular weight is 470 g/mol. The first-order valence-electron chi connectivity index (χ1n) is 10.2. The average Bonchev–Trinajstić information content (AvgIpc) is 3.13. The highest BCUT2D eigenvalue weighted by molar-refractivity contribution is 8.18. The predicted octanol–water partition coefficient (Wildman–Crippen LogP) is 4.67. The minimum absolute atomic E-state index is 0.0143. The van der Waals surface area contributed by atoms with E-state index in [1.807, 2.05) is 18.2 Å². The Morgan fingerprint density at radius 1 is 1.09 bits per heavy atom. The minimum atomic E-state index is -0.646. The number of aliphatic imine (C=N–C) groups is 1. The van der Waals surface area contributed by atoms with Crippen molar-refractivity contribution in [1.29, 1.82) is 0 Å². The number of hydrogen-bond acceptors (Lipinski definition) is 9. The molecule has 0 unspecified atom stereocenters. The number of carbonyl (C=O) groups is 1. The minimum Gasteiger partial charge on any atom is -0.506 e. The van der Waals surface area contributed by atoms with Crippen LogP contribution in [0.3, 0.4) is 0 Å². The summed E-state index contributed by atoms with van der Waals surface area (Å²) in [6.45, 7) is 2.85. The summed E-state index contributed by atoms with van der Waals surface area (Å²) < 4.78 is 26.9. The van der Waals surface area contributed by atoms with Crippen LogP contribution in [-0.4, -0.2) is 50.2 Å². The Balaban J connectivity index is 1.72. The van der Waals surface area contributed by atoms with Crippen LogP contribution < -0.4 is 18.9 Å². The molecule has 0 bridgehead atoms. The third-order valence-electron chi connectivity index (χ3n) is 4.83. The second kappa shape index (κ2) is 9.91. The van der Waals surface area contributed by atoms with Crippen LogP contribution in [0.2, 0.25) is 0 Å². The Morgan fingerprint density at radius 2 is 1.85 bits per heavy atom. The molecule has 8 nitrogen and oxygen atoms in total. The Bertz CT molecular complexity index is 1170. The van der Waals surface area contributed by atoms with E-state index in [1.54, 1.807) is 38.3 Å². The first-order chi connectivity index (χ1) is 16.0. The van der Waals surface area contributed by atoms with E-state index in [0.29, 0.717) is 51.8 Å². The van der Waals surface area contributed by atoms with Crippen molar-refractivity contribution in [3.8, 4) is 23.0 Å². The quantitative estimate of drug-likeness (QED) is 0.610. The zero-order valence-corrected chi connectivity index (χ0v) is 19.2. The summed E-state index contributed by atoms with van der Waals surface area (Å²) in [4.78, 5) is 17.7. The van der Waals surface area contributed by atoms with Crippen molar-refractivity contribution in [2.45, 2.75) is 6.92 Å². The summed E-state index contributed by atoms with van der Waals surface area (Å²) >= 11 is 1.17. The molecule has 0 aliphatic carbocycles. The number of aliphatic hydroxyl groups excluding tert-OH is 1. The maximum atomic E-state index is 12.6. The molecule has 0 saturated carbocycles. The van der Waals surface area contributed by atoms with E-state index in [0.717, 1.165) is 5.56 Å². The topological polar surface area (TPSA) is 95.8 Å². The second-order valence-electron chi connectivity index (χ2n) is 6.91. The molecule has 0 radical (unpaired) electrons. The van der Waals surface area contributed by atoms with Gasteiger partial charge in [0.05, 0.1) is 31.4 Å². The van der Waals surface area contributed by atoms with Gasteiger partial charge >= 0.3 is 5.97 Å². The first kappa shape index (κ1) is 22.6. The van der Waals surface area contributed by atoms with Crippen molar-refractivity contribution < 1.29 is 33.6 Å². The molecular weight excluding hydrogens is 446 g/mol. The van der Waals surface area contributed by atoms with Crippen LogP contribution in [0.25, 0.3) is 6.08 Å². The highest BCUT2D eigenvalue weighted by Gasteiger charge is 2.33. The fourth-order valence-electron chi connectivity index (χ4n) is 3.30. The Hall–Kier alpha value is -3.59. The molecule has 2 aliphatic rings. The molecule has 2 aromatic carbocycles. The van der Waals surface area contributed by atoms with Crippen LogP contribution in [-0.2, 0) is 9.53 Å². The van der Waals surface area contributed by atoms with Gasteiger partial charge < -0.3 is 28.8 Å². The van der Waals surface area contributed by atoms with E-state index < -0.39 is 5.97 Å². The summed E-state index contributed by atoms with van der Waals surface area (Å²) in [5.41, 5.74) is 1.33. The van der Waals surface area contributed by atoms with Gasteiger partial charge in [-0.1, -0.05) is 17.8 Å². The molecule has 33 heavy (non-hydrogen) atoms. The molecule has 0 spiro atoms. The maximum Gasteiger partial charge on any atom is 0.344 e. The standard InChI is InChI=1S/C24H23NO7S/c1-4-30-24(27)21-22(26)20(12-14-5-7-17-19(11-14)32-10-9-31-17)33-23(21)25-15-6-8-16(28-2)18(13-15)29-3/h5-8,11-13,26H,4,9-10H2,1-3H3/b20-12+,25-23?. The third kappa shape index (κ3) is 4.78. The molecule has 0 amide bonds. The molecule has 0 fully saturated rings. The number of methoxy groups -OCH3 is 2. The van der Waals surface area contributed by atoms with Gasteiger partial charge in [-0.15, -0.1) is 0 Å². The summed E-state index contributed by atoms with van der Waals surface area (Å²) in [7, 11) is 3.08. The lowest BCUT2D eigenvalue weighted by Gasteiger charge is -2.18. The number of benzene rings is 2. The summed E-state index contributed by atoms with van der Waals surface area (Å²) in [5.74, 6) is 1.53. The lowest BCUT2D eigenvalue weighted by Crippen LogP contribution is -2.15. The number of thioether (sulfide) groups is 1. The SMILES string of the molecule is CCOC(=O)C1=C(O)/C(=C\c2ccc3c(c2)OCCO3)SC1=Nc1ccc(OC)c(OC)c1. The molecule has 2 aliphatic heterocycles. The number of fused-ring (bicyclic) bond motifs is 1. The molecule has 4 rings (SSSR count). The van der Waals surface area contributed by atoms with Crippen molar-refractivity contribution in [3.63, 3.8) is 0 Å². The fourth-order valence-corrected chi connectivity index (χ4v) is 4.34. The number of ether oxygens (including phenoxy) is 5. The van der Waals surface area contributed by atoms with Gasteiger partial charge in [0.2, 0.25) is 0 Å².